The van der Waals surface area contributed by atoms with E-state index in [-0.39, 0.29) is 5.91 Å². The SMILES string of the molecule is C=CCOc1ccccc1NC(=O)c1ccccc1OCCCC. The summed E-state index contributed by atoms with van der Waals surface area (Å²) in [4.78, 5) is 12.6. The largest absolute Gasteiger partial charge is 0.493 e. The van der Waals surface area contributed by atoms with Gasteiger partial charge in [-0.15, -0.1) is 0 Å². The summed E-state index contributed by atoms with van der Waals surface area (Å²) in [6, 6.07) is 14.6. The van der Waals surface area contributed by atoms with Gasteiger partial charge in [0.1, 0.15) is 18.1 Å². The average molecular weight is 325 g/mol. The number of anilines is 1. The van der Waals surface area contributed by atoms with Gasteiger partial charge in [-0.1, -0.05) is 50.3 Å². The molecule has 24 heavy (non-hydrogen) atoms. The minimum atomic E-state index is -0.225. The predicted molar refractivity (Wildman–Crippen MR) is 96.9 cm³/mol. The van der Waals surface area contributed by atoms with Crippen molar-refractivity contribution < 1.29 is 14.3 Å². The van der Waals surface area contributed by atoms with Crippen LogP contribution in [-0.4, -0.2) is 19.1 Å². The number of para-hydroxylation sites is 3. The summed E-state index contributed by atoms with van der Waals surface area (Å²) < 4.78 is 11.3. The first kappa shape index (κ1) is 17.6. The molecule has 0 saturated carbocycles. The highest BCUT2D eigenvalue weighted by Crippen LogP contribution is 2.26. The molecule has 1 amide bonds. The molecule has 4 nitrogen and oxygen atoms in total. The van der Waals surface area contributed by atoms with Crippen LogP contribution in [0.15, 0.2) is 61.2 Å². The molecule has 0 bridgehead atoms. The van der Waals surface area contributed by atoms with Gasteiger partial charge >= 0.3 is 0 Å². The van der Waals surface area contributed by atoms with Gasteiger partial charge in [0.25, 0.3) is 5.91 Å². The Morgan fingerprint density at radius 2 is 1.79 bits per heavy atom. The van der Waals surface area contributed by atoms with Crippen LogP contribution in [0.1, 0.15) is 30.1 Å². The van der Waals surface area contributed by atoms with E-state index in [4.69, 9.17) is 9.47 Å². The fraction of sp³-hybridized carbons (Fsp3) is 0.250. The monoisotopic (exact) mass is 325 g/mol. The standard InChI is InChI=1S/C20H23NO3/c1-3-5-15-24-18-12-8-6-10-16(18)20(22)21-17-11-7-9-13-19(17)23-14-4-2/h4,6-13H,2-3,5,14-15H2,1H3,(H,21,22). The topological polar surface area (TPSA) is 47.6 Å². The maximum atomic E-state index is 12.6. The van der Waals surface area contributed by atoms with E-state index < -0.39 is 0 Å². The van der Waals surface area contributed by atoms with Crippen LogP contribution in [0.2, 0.25) is 0 Å². The van der Waals surface area contributed by atoms with E-state index in [0.29, 0.717) is 36.0 Å². The van der Waals surface area contributed by atoms with Gasteiger partial charge in [0.05, 0.1) is 17.9 Å². The minimum Gasteiger partial charge on any atom is -0.493 e. The maximum absolute atomic E-state index is 12.6. The zero-order valence-corrected chi connectivity index (χ0v) is 14.0. The fourth-order valence-electron chi connectivity index (χ4n) is 2.14. The highest BCUT2D eigenvalue weighted by atomic mass is 16.5. The third-order valence-corrected chi connectivity index (χ3v) is 3.38. The van der Waals surface area contributed by atoms with Gasteiger partial charge in [-0.25, -0.2) is 0 Å². The molecule has 2 rings (SSSR count). The van der Waals surface area contributed by atoms with Crippen LogP contribution < -0.4 is 14.8 Å². The van der Waals surface area contributed by atoms with Gasteiger partial charge in [-0.3, -0.25) is 4.79 Å². The molecule has 0 atom stereocenters. The lowest BCUT2D eigenvalue weighted by Gasteiger charge is -2.14. The van der Waals surface area contributed by atoms with E-state index in [1.54, 1.807) is 18.2 Å². The van der Waals surface area contributed by atoms with Crippen molar-refractivity contribution in [3.8, 4) is 11.5 Å². The lowest BCUT2D eigenvalue weighted by Crippen LogP contribution is -2.14. The number of carbonyl (C=O) groups excluding carboxylic acids is 1. The van der Waals surface area contributed by atoms with E-state index >= 15 is 0 Å². The molecule has 4 heteroatoms. The first-order valence-electron chi connectivity index (χ1n) is 8.12. The van der Waals surface area contributed by atoms with Gasteiger partial charge in [-0.05, 0) is 30.7 Å². The summed E-state index contributed by atoms with van der Waals surface area (Å²) in [5.74, 6) is 0.972. The maximum Gasteiger partial charge on any atom is 0.259 e. The van der Waals surface area contributed by atoms with Gasteiger partial charge in [-0.2, -0.15) is 0 Å². The Labute approximate surface area is 143 Å². The summed E-state index contributed by atoms with van der Waals surface area (Å²) in [6.07, 6.45) is 3.66. The zero-order valence-electron chi connectivity index (χ0n) is 14.0. The fourth-order valence-corrected chi connectivity index (χ4v) is 2.14. The van der Waals surface area contributed by atoms with E-state index in [1.165, 1.54) is 0 Å². The molecule has 126 valence electrons. The minimum absolute atomic E-state index is 0.225. The molecular weight excluding hydrogens is 302 g/mol. The van der Waals surface area contributed by atoms with Crippen LogP contribution in [-0.2, 0) is 0 Å². The first-order valence-corrected chi connectivity index (χ1v) is 8.12. The van der Waals surface area contributed by atoms with Crippen molar-refractivity contribution in [2.24, 2.45) is 0 Å². The van der Waals surface area contributed by atoms with Crippen molar-refractivity contribution in [2.75, 3.05) is 18.5 Å². The Morgan fingerprint density at radius 1 is 1.08 bits per heavy atom. The molecule has 0 heterocycles. The quantitative estimate of drug-likeness (QED) is 0.538. The molecular formula is C20H23NO3. The van der Waals surface area contributed by atoms with E-state index in [2.05, 4.69) is 18.8 Å². The molecule has 0 spiro atoms. The molecule has 0 saturated heterocycles. The summed E-state index contributed by atoms with van der Waals surface area (Å²) in [5, 5.41) is 2.89. The van der Waals surface area contributed by atoms with Gasteiger partial charge in [0.15, 0.2) is 0 Å². The van der Waals surface area contributed by atoms with Gasteiger partial charge in [0.2, 0.25) is 0 Å². The second-order valence-electron chi connectivity index (χ2n) is 5.25. The molecule has 0 radical (unpaired) electrons. The van der Waals surface area contributed by atoms with Crippen LogP contribution in [0.25, 0.3) is 0 Å². The Morgan fingerprint density at radius 3 is 2.54 bits per heavy atom. The van der Waals surface area contributed by atoms with Crippen molar-refractivity contribution >= 4 is 11.6 Å². The van der Waals surface area contributed by atoms with Crippen LogP contribution >= 0.6 is 0 Å². The van der Waals surface area contributed by atoms with Crippen molar-refractivity contribution in [3.05, 3.63) is 66.7 Å². The molecule has 2 aromatic rings. The second-order valence-corrected chi connectivity index (χ2v) is 5.25. The molecule has 0 fully saturated rings. The lowest BCUT2D eigenvalue weighted by atomic mass is 10.1. The number of hydrogen-bond acceptors (Lipinski definition) is 3. The summed E-state index contributed by atoms with van der Waals surface area (Å²) >= 11 is 0. The highest BCUT2D eigenvalue weighted by molar-refractivity contribution is 6.06. The van der Waals surface area contributed by atoms with E-state index in [1.807, 2.05) is 36.4 Å². The van der Waals surface area contributed by atoms with Gasteiger partial charge < -0.3 is 14.8 Å². The van der Waals surface area contributed by atoms with Crippen molar-refractivity contribution in [3.63, 3.8) is 0 Å². The normalized spacial score (nSPS) is 10.0. The summed E-state index contributed by atoms with van der Waals surface area (Å²) in [6.45, 7) is 6.71. The lowest BCUT2D eigenvalue weighted by molar-refractivity contribution is 0.102. The van der Waals surface area contributed by atoms with Crippen molar-refractivity contribution in [2.45, 2.75) is 19.8 Å². The highest BCUT2D eigenvalue weighted by Gasteiger charge is 2.14. The number of unbranched alkanes of at least 4 members (excludes halogenated alkanes) is 1. The molecule has 0 aliphatic rings. The molecule has 0 aliphatic carbocycles. The molecule has 1 N–H and O–H groups in total. The Kier molecular flexibility index (Phi) is 6.90. The van der Waals surface area contributed by atoms with Crippen LogP contribution in [0, 0.1) is 0 Å². The summed E-state index contributed by atoms with van der Waals surface area (Å²) in [7, 11) is 0. The number of benzene rings is 2. The molecule has 0 aromatic heterocycles. The number of nitrogens with one attached hydrogen (secondary N) is 1. The first-order chi connectivity index (χ1) is 11.8. The number of carbonyl (C=O) groups is 1. The number of hydrogen-bond donors (Lipinski definition) is 1. The van der Waals surface area contributed by atoms with Crippen molar-refractivity contribution in [1.29, 1.82) is 0 Å². The Balaban J connectivity index is 2.14. The Bertz CT molecular complexity index is 682. The van der Waals surface area contributed by atoms with Crippen LogP contribution in [0.4, 0.5) is 5.69 Å². The number of rotatable bonds is 9. The smallest absolute Gasteiger partial charge is 0.259 e. The van der Waals surface area contributed by atoms with Crippen molar-refractivity contribution in [1.82, 2.24) is 0 Å². The van der Waals surface area contributed by atoms with Crippen LogP contribution in [0.3, 0.4) is 0 Å². The molecule has 0 unspecified atom stereocenters. The molecule has 2 aromatic carbocycles. The van der Waals surface area contributed by atoms with E-state index in [0.717, 1.165) is 12.8 Å². The third-order valence-electron chi connectivity index (χ3n) is 3.38. The zero-order chi connectivity index (χ0) is 17.2. The second kappa shape index (κ2) is 9.40. The van der Waals surface area contributed by atoms with Gasteiger partial charge in [0, 0.05) is 0 Å². The number of amides is 1. The van der Waals surface area contributed by atoms with Crippen LogP contribution in [0.5, 0.6) is 11.5 Å². The van der Waals surface area contributed by atoms with E-state index in [9.17, 15) is 4.79 Å². The summed E-state index contributed by atoms with van der Waals surface area (Å²) in [5.41, 5.74) is 1.12. The average Bonchev–Trinajstić information content (AvgIpc) is 2.61. The Hall–Kier alpha value is -2.75. The molecule has 0 aliphatic heterocycles. The predicted octanol–water partition coefficient (Wildman–Crippen LogP) is 4.68. The number of ether oxygens (including phenoxy) is 2. The third kappa shape index (κ3) is 4.88.